The number of nitrogens with one attached hydrogen (secondary N) is 2. The Hall–Kier alpha value is -1.45. The second-order valence-electron chi connectivity index (χ2n) is 5.12. The molecule has 0 spiro atoms. The molecule has 8 nitrogen and oxygen atoms in total. The molecule has 4 N–H and O–H groups in total. The molecule has 0 bridgehead atoms. The summed E-state index contributed by atoms with van der Waals surface area (Å²) in [6.07, 6.45) is 3.19. The van der Waals surface area contributed by atoms with Crippen molar-refractivity contribution in [2.45, 2.75) is 30.8 Å². The summed E-state index contributed by atoms with van der Waals surface area (Å²) in [4.78, 5) is 2.09. The van der Waals surface area contributed by atoms with Gasteiger partial charge in [0.1, 0.15) is 5.84 Å². The van der Waals surface area contributed by atoms with Gasteiger partial charge in [0.25, 0.3) is 10.0 Å². The van der Waals surface area contributed by atoms with Crippen molar-refractivity contribution in [3.8, 4) is 0 Å². The Bertz CT molecular complexity index is 563. The molecule has 1 unspecified atom stereocenters. The van der Waals surface area contributed by atoms with Gasteiger partial charge in [0.05, 0.1) is 12.2 Å². The first-order valence-electron chi connectivity index (χ1n) is 7.04. The van der Waals surface area contributed by atoms with Crippen molar-refractivity contribution < 1.29 is 8.42 Å². The van der Waals surface area contributed by atoms with E-state index in [0.717, 1.165) is 12.8 Å². The monoisotopic (exact) mass is 314 g/mol. The minimum atomic E-state index is -3.50. The Kier molecular flexibility index (Phi) is 4.96. The third-order valence-electron chi connectivity index (χ3n) is 3.73. The van der Waals surface area contributed by atoms with Crippen molar-refractivity contribution in [3.63, 3.8) is 0 Å². The summed E-state index contributed by atoms with van der Waals surface area (Å²) in [5.41, 5.74) is 5.65. The zero-order valence-corrected chi connectivity index (χ0v) is 12.9. The van der Waals surface area contributed by atoms with E-state index in [9.17, 15) is 8.42 Å². The molecule has 2 rings (SSSR count). The van der Waals surface area contributed by atoms with E-state index in [4.69, 9.17) is 11.1 Å². The number of amidine groups is 1. The molecule has 0 saturated carbocycles. The fraction of sp³-hybridized carbons (Fsp3) is 0.667. The highest BCUT2D eigenvalue weighted by atomic mass is 32.2. The van der Waals surface area contributed by atoms with Crippen LogP contribution in [0.2, 0.25) is 0 Å². The summed E-state index contributed by atoms with van der Waals surface area (Å²) in [7, 11) is -3.50. The third-order valence-corrected chi connectivity index (χ3v) is 5.56. The standard InChI is InChI=1S/C12H22N6O2S/c1-2-3-10(12(13)14)17-6-8-18(9-7-17)21(19,20)11-4-5-15-16-11/h4-5,10H,2-3,6-9H2,1H3,(H3,13,14)(H,15,16). The van der Waals surface area contributed by atoms with Crippen molar-refractivity contribution in [3.05, 3.63) is 12.3 Å². The Balaban J connectivity index is 2.02. The SMILES string of the molecule is CCCC(C(=N)N)N1CCN(S(=O)(=O)c2ccn[nH]2)CC1. The molecule has 1 aromatic rings. The summed E-state index contributed by atoms with van der Waals surface area (Å²) in [6, 6.07) is 1.36. The molecular formula is C12H22N6O2S. The quantitative estimate of drug-likeness (QED) is 0.497. The first-order chi connectivity index (χ1) is 9.96. The zero-order chi connectivity index (χ0) is 15.5. The smallest absolute Gasteiger partial charge is 0.260 e. The summed E-state index contributed by atoms with van der Waals surface area (Å²) in [5, 5.41) is 14.0. The molecule has 1 saturated heterocycles. The van der Waals surface area contributed by atoms with Crippen LogP contribution in [0.1, 0.15) is 19.8 Å². The lowest BCUT2D eigenvalue weighted by Gasteiger charge is -2.38. The number of H-pyrrole nitrogens is 1. The van der Waals surface area contributed by atoms with Gasteiger partial charge in [0.15, 0.2) is 5.03 Å². The highest BCUT2D eigenvalue weighted by Gasteiger charge is 2.32. The molecule has 9 heteroatoms. The fourth-order valence-electron chi connectivity index (χ4n) is 2.59. The van der Waals surface area contributed by atoms with Crippen LogP contribution in [0, 0.1) is 5.41 Å². The van der Waals surface area contributed by atoms with E-state index >= 15 is 0 Å². The normalized spacial score (nSPS) is 19.5. The van der Waals surface area contributed by atoms with Gasteiger partial charge >= 0.3 is 0 Å². The van der Waals surface area contributed by atoms with Gasteiger partial charge in [-0.25, -0.2) is 8.42 Å². The number of nitrogens with two attached hydrogens (primary N) is 1. The van der Waals surface area contributed by atoms with Crippen LogP contribution in [-0.2, 0) is 10.0 Å². The van der Waals surface area contributed by atoms with Gasteiger partial charge in [-0.15, -0.1) is 0 Å². The van der Waals surface area contributed by atoms with Gasteiger partial charge in [-0.2, -0.15) is 9.40 Å². The predicted molar refractivity (Wildman–Crippen MR) is 79.5 cm³/mol. The summed E-state index contributed by atoms with van der Waals surface area (Å²) in [5.74, 6) is 0.154. The molecule has 0 aromatic carbocycles. The number of hydrogen-bond acceptors (Lipinski definition) is 5. The van der Waals surface area contributed by atoms with Crippen LogP contribution in [-0.4, -0.2) is 65.9 Å². The van der Waals surface area contributed by atoms with Gasteiger partial charge in [-0.1, -0.05) is 13.3 Å². The predicted octanol–water partition coefficient (Wildman–Crippen LogP) is -0.179. The Morgan fingerprint density at radius 1 is 1.48 bits per heavy atom. The molecule has 0 radical (unpaired) electrons. The summed E-state index contributed by atoms with van der Waals surface area (Å²) >= 11 is 0. The maximum Gasteiger partial charge on any atom is 0.260 e. The summed E-state index contributed by atoms with van der Waals surface area (Å²) < 4.78 is 26.2. The van der Waals surface area contributed by atoms with Crippen molar-refractivity contribution >= 4 is 15.9 Å². The lowest BCUT2D eigenvalue weighted by molar-refractivity contribution is 0.160. The molecule has 1 aliphatic heterocycles. The van der Waals surface area contributed by atoms with Gasteiger partial charge in [-0.05, 0) is 12.5 Å². The lowest BCUT2D eigenvalue weighted by Crippen LogP contribution is -2.55. The molecule has 1 fully saturated rings. The van der Waals surface area contributed by atoms with Crippen LogP contribution < -0.4 is 5.73 Å². The zero-order valence-electron chi connectivity index (χ0n) is 12.1. The van der Waals surface area contributed by atoms with Crippen molar-refractivity contribution in [2.75, 3.05) is 26.2 Å². The van der Waals surface area contributed by atoms with Gasteiger partial charge < -0.3 is 5.73 Å². The average Bonchev–Trinajstić information content (AvgIpc) is 2.99. The Labute approximate surface area is 124 Å². The molecule has 21 heavy (non-hydrogen) atoms. The maximum absolute atomic E-state index is 12.4. The highest BCUT2D eigenvalue weighted by molar-refractivity contribution is 7.89. The molecule has 0 aliphatic carbocycles. The van der Waals surface area contributed by atoms with E-state index in [1.54, 1.807) is 0 Å². The van der Waals surface area contributed by atoms with Gasteiger partial charge in [0.2, 0.25) is 0 Å². The highest BCUT2D eigenvalue weighted by Crippen LogP contribution is 2.17. The second-order valence-corrected chi connectivity index (χ2v) is 7.03. The molecule has 0 amide bonds. The van der Waals surface area contributed by atoms with E-state index in [1.165, 1.54) is 16.6 Å². The Morgan fingerprint density at radius 3 is 2.62 bits per heavy atom. The molecule has 1 aliphatic rings. The largest absolute Gasteiger partial charge is 0.386 e. The van der Waals surface area contributed by atoms with Crippen LogP contribution in [0.4, 0.5) is 0 Å². The van der Waals surface area contributed by atoms with E-state index in [0.29, 0.717) is 26.2 Å². The fourth-order valence-corrected chi connectivity index (χ4v) is 3.91. The van der Waals surface area contributed by atoms with E-state index in [-0.39, 0.29) is 16.9 Å². The molecule has 118 valence electrons. The number of nitrogens with zero attached hydrogens (tertiary/aromatic N) is 3. The number of hydrogen-bond donors (Lipinski definition) is 3. The van der Waals surface area contributed by atoms with Crippen LogP contribution in [0.5, 0.6) is 0 Å². The minimum absolute atomic E-state index is 0.0907. The second kappa shape index (κ2) is 6.54. The number of sulfonamides is 1. The van der Waals surface area contributed by atoms with Gasteiger partial charge in [-0.3, -0.25) is 15.4 Å². The van der Waals surface area contributed by atoms with Crippen molar-refractivity contribution in [1.29, 1.82) is 5.41 Å². The number of rotatable bonds is 6. The van der Waals surface area contributed by atoms with Crippen LogP contribution in [0.25, 0.3) is 0 Å². The maximum atomic E-state index is 12.4. The molecule has 1 atom stereocenters. The first kappa shape index (κ1) is 15.9. The molecule has 1 aromatic heterocycles. The van der Waals surface area contributed by atoms with E-state index in [2.05, 4.69) is 22.0 Å². The van der Waals surface area contributed by atoms with E-state index < -0.39 is 10.0 Å². The third kappa shape index (κ3) is 3.42. The number of aromatic amines is 1. The summed E-state index contributed by atoms with van der Waals surface area (Å²) in [6.45, 7) is 4.01. The van der Waals surface area contributed by atoms with Crippen molar-refractivity contribution in [1.82, 2.24) is 19.4 Å². The topological polar surface area (TPSA) is 119 Å². The number of piperazine rings is 1. The number of aromatic nitrogens is 2. The van der Waals surface area contributed by atoms with Gasteiger partial charge in [0, 0.05) is 26.2 Å². The minimum Gasteiger partial charge on any atom is -0.386 e. The first-order valence-corrected chi connectivity index (χ1v) is 8.48. The lowest BCUT2D eigenvalue weighted by atomic mass is 10.1. The Morgan fingerprint density at radius 2 is 2.14 bits per heavy atom. The van der Waals surface area contributed by atoms with Crippen LogP contribution >= 0.6 is 0 Å². The van der Waals surface area contributed by atoms with Crippen molar-refractivity contribution in [2.24, 2.45) is 5.73 Å². The molecule has 2 heterocycles. The average molecular weight is 314 g/mol. The van der Waals surface area contributed by atoms with Crippen LogP contribution in [0.3, 0.4) is 0 Å². The van der Waals surface area contributed by atoms with E-state index in [1.807, 2.05) is 0 Å². The molecular weight excluding hydrogens is 292 g/mol. The van der Waals surface area contributed by atoms with Crippen LogP contribution in [0.15, 0.2) is 17.3 Å².